The zero-order chi connectivity index (χ0) is 16.9. The molecule has 1 aliphatic heterocycles. The number of hydrogen-bond donors (Lipinski definition) is 1. The standard InChI is InChI=1S/C18H23N5O/c1-14-4-3-5-15(12-14)13-18(24)19-16-6-7-17(21-20-16)23-10-8-22(2)9-11-23/h3-7,12H,8-11,13H2,1-2H3,(H,19,20,24). The van der Waals surface area contributed by atoms with Gasteiger partial charge in [-0.2, -0.15) is 0 Å². The van der Waals surface area contributed by atoms with Crippen molar-refractivity contribution in [1.29, 1.82) is 0 Å². The summed E-state index contributed by atoms with van der Waals surface area (Å²) < 4.78 is 0. The molecule has 1 saturated heterocycles. The van der Waals surface area contributed by atoms with Gasteiger partial charge in [0, 0.05) is 26.2 Å². The number of aromatic nitrogens is 2. The van der Waals surface area contributed by atoms with Crippen LogP contribution in [0.25, 0.3) is 0 Å². The quantitative estimate of drug-likeness (QED) is 0.927. The van der Waals surface area contributed by atoms with Crippen molar-refractivity contribution in [3.8, 4) is 0 Å². The number of hydrogen-bond acceptors (Lipinski definition) is 5. The van der Waals surface area contributed by atoms with Gasteiger partial charge in [0.05, 0.1) is 6.42 Å². The molecule has 1 fully saturated rings. The number of nitrogens with one attached hydrogen (secondary N) is 1. The average molecular weight is 325 g/mol. The number of likely N-dealkylation sites (N-methyl/N-ethyl adjacent to an activating group) is 1. The smallest absolute Gasteiger partial charge is 0.229 e. The molecule has 0 radical (unpaired) electrons. The average Bonchev–Trinajstić information content (AvgIpc) is 2.56. The molecule has 1 N–H and O–H groups in total. The molecule has 1 aromatic heterocycles. The van der Waals surface area contributed by atoms with Crippen LogP contribution in [0.1, 0.15) is 11.1 Å². The number of nitrogens with zero attached hydrogens (tertiary/aromatic N) is 4. The Morgan fingerprint density at radius 1 is 1.12 bits per heavy atom. The van der Waals surface area contributed by atoms with E-state index in [1.54, 1.807) is 0 Å². The van der Waals surface area contributed by atoms with E-state index in [1.807, 2.05) is 43.3 Å². The Hall–Kier alpha value is -2.47. The lowest BCUT2D eigenvalue weighted by atomic mass is 10.1. The maximum absolute atomic E-state index is 12.1. The molecular weight excluding hydrogens is 302 g/mol. The van der Waals surface area contributed by atoms with Crippen molar-refractivity contribution >= 4 is 17.5 Å². The van der Waals surface area contributed by atoms with Crippen LogP contribution in [0, 0.1) is 6.92 Å². The minimum Gasteiger partial charge on any atom is -0.353 e. The molecule has 0 bridgehead atoms. The van der Waals surface area contributed by atoms with Gasteiger partial charge in [-0.1, -0.05) is 29.8 Å². The maximum atomic E-state index is 12.1. The van der Waals surface area contributed by atoms with Crippen molar-refractivity contribution in [2.24, 2.45) is 0 Å². The predicted molar refractivity (Wildman–Crippen MR) is 95.3 cm³/mol. The highest BCUT2D eigenvalue weighted by Crippen LogP contribution is 2.14. The summed E-state index contributed by atoms with van der Waals surface area (Å²) in [5.74, 6) is 1.27. The van der Waals surface area contributed by atoms with Gasteiger partial charge in [-0.05, 0) is 31.7 Å². The number of anilines is 2. The second-order valence-electron chi connectivity index (χ2n) is 6.28. The van der Waals surface area contributed by atoms with Gasteiger partial charge in [0.1, 0.15) is 0 Å². The number of piperazine rings is 1. The number of amides is 1. The first-order valence-electron chi connectivity index (χ1n) is 8.23. The molecule has 2 aromatic rings. The molecule has 1 amide bonds. The Labute approximate surface area is 142 Å². The Morgan fingerprint density at radius 2 is 1.92 bits per heavy atom. The Morgan fingerprint density at radius 3 is 2.58 bits per heavy atom. The van der Waals surface area contributed by atoms with E-state index in [0.717, 1.165) is 43.1 Å². The van der Waals surface area contributed by atoms with Gasteiger partial charge in [-0.3, -0.25) is 4.79 Å². The van der Waals surface area contributed by atoms with E-state index in [2.05, 4.69) is 32.4 Å². The molecule has 126 valence electrons. The van der Waals surface area contributed by atoms with Crippen LogP contribution in [0.5, 0.6) is 0 Å². The fraction of sp³-hybridized carbons (Fsp3) is 0.389. The van der Waals surface area contributed by atoms with Crippen molar-refractivity contribution in [3.05, 3.63) is 47.5 Å². The van der Waals surface area contributed by atoms with Gasteiger partial charge in [-0.15, -0.1) is 10.2 Å². The van der Waals surface area contributed by atoms with Crippen LogP contribution in [0.3, 0.4) is 0 Å². The fourth-order valence-electron chi connectivity index (χ4n) is 2.79. The summed E-state index contributed by atoms with van der Waals surface area (Å²) in [4.78, 5) is 16.6. The van der Waals surface area contributed by atoms with Crippen molar-refractivity contribution in [1.82, 2.24) is 15.1 Å². The second-order valence-corrected chi connectivity index (χ2v) is 6.28. The van der Waals surface area contributed by atoms with Crippen molar-refractivity contribution in [2.45, 2.75) is 13.3 Å². The molecule has 3 rings (SSSR count). The number of carbonyl (C=O) groups is 1. The highest BCUT2D eigenvalue weighted by atomic mass is 16.1. The molecule has 24 heavy (non-hydrogen) atoms. The van der Waals surface area contributed by atoms with E-state index in [4.69, 9.17) is 0 Å². The lowest BCUT2D eigenvalue weighted by Gasteiger charge is -2.32. The van der Waals surface area contributed by atoms with E-state index in [0.29, 0.717) is 12.2 Å². The lowest BCUT2D eigenvalue weighted by molar-refractivity contribution is -0.115. The first-order valence-corrected chi connectivity index (χ1v) is 8.23. The molecular formula is C18H23N5O. The summed E-state index contributed by atoms with van der Waals surface area (Å²) in [7, 11) is 2.12. The zero-order valence-electron chi connectivity index (χ0n) is 14.2. The molecule has 1 aromatic carbocycles. The first kappa shape index (κ1) is 16.4. The monoisotopic (exact) mass is 325 g/mol. The minimum atomic E-state index is -0.0813. The van der Waals surface area contributed by atoms with Crippen molar-refractivity contribution in [3.63, 3.8) is 0 Å². The van der Waals surface area contributed by atoms with Gasteiger partial charge in [0.15, 0.2) is 11.6 Å². The van der Waals surface area contributed by atoms with Gasteiger partial charge in [0.25, 0.3) is 0 Å². The third-order valence-electron chi connectivity index (χ3n) is 4.19. The zero-order valence-corrected chi connectivity index (χ0v) is 14.2. The van der Waals surface area contributed by atoms with Crippen LogP contribution in [-0.2, 0) is 11.2 Å². The molecule has 2 heterocycles. The van der Waals surface area contributed by atoms with E-state index in [-0.39, 0.29) is 5.91 Å². The summed E-state index contributed by atoms with van der Waals surface area (Å²) in [6, 6.07) is 11.7. The first-order chi connectivity index (χ1) is 11.6. The summed E-state index contributed by atoms with van der Waals surface area (Å²) in [5.41, 5.74) is 2.14. The Balaban J connectivity index is 1.56. The normalized spacial score (nSPS) is 15.3. The highest BCUT2D eigenvalue weighted by molar-refractivity contribution is 5.91. The summed E-state index contributed by atoms with van der Waals surface area (Å²) in [5, 5.41) is 11.2. The van der Waals surface area contributed by atoms with Crippen LogP contribution in [-0.4, -0.2) is 54.2 Å². The van der Waals surface area contributed by atoms with E-state index in [1.165, 1.54) is 0 Å². The summed E-state index contributed by atoms with van der Waals surface area (Å²) in [6.07, 6.45) is 0.337. The summed E-state index contributed by atoms with van der Waals surface area (Å²) >= 11 is 0. The number of benzene rings is 1. The molecule has 6 heteroatoms. The molecule has 0 unspecified atom stereocenters. The molecule has 0 saturated carbocycles. The van der Waals surface area contributed by atoms with Crippen LogP contribution in [0.2, 0.25) is 0 Å². The van der Waals surface area contributed by atoms with E-state index < -0.39 is 0 Å². The second kappa shape index (κ2) is 7.40. The molecule has 0 atom stereocenters. The topological polar surface area (TPSA) is 61.4 Å². The molecule has 0 aliphatic carbocycles. The fourth-order valence-corrected chi connectivity index (χ4v) is 2.79. The minimum absolute atomic E-state index is 0.0813. The number of rotatable bonds is 4. The largest absolute Gasteiger partial charge is 0.353 e. The third kappa shape index (κ3) is 4.29. The third-order valence-corrected chi connectivity index (χ3v) is 4.19. The highest BCUT2D eigenvalue weighted by Gasteiger charge is 2.15. The SMILES string of the molecule is Cc1cccc(CC(=O)Nc2ccc(N3CCN(C)CC3)nn2)c1. The van der Waals surface area contributed by atoms with Gasteiger partial charge >= 0.3 is 0 Å². The van der Waals surface area contributed by atoms with Crippen LogP contribution in [0.15, 0.2) is 36.4 Å². The summed E-state index contributed by atoms with van der Waals surface area (Å²) in [6.45, 7) is 5.96. The van der Waals surface area contributed by atoms with E-state index in [9.17, 15) is 4.79 Å². The van der Waals surface area contributed by atoms with Gasteiger partial charge in [0.2, 0.25) is 5.91 Å². The Bertz CT molecular complexity index is 693. The molecule has 0 spiro atoms. The van der Waals surface area contributed by atoms with Gasteiger partial charge in [-0.25, -0.2) is 0 Å². The lowest BCUT2D eigenvalue weighted by Crippen LogP contribution is -2.44. The predicted octanol–water partition coefficient (Wildman–Crippen LogP) is 1.72. The number of aryl methyl sites for hydroxylation is 1. The van der Waals surface area contributed by atoms with Crippen LogP contribution < -0.4 is 10.2 Å². The van der Waals surface area contributed by atoms with E-state index >= 15 is 0 Å². The van der Waals surface area contributed by atoms with Gasteiger partial charge < -0.3 is 15.1 Å². The number of carbonyl (C=O) groups excluding carboxylic acids is 1. The van der Waals surface area contributed by atoms with Crippen LogP contribution in [0.4, 0.5) is 11.6 Å². The molecule has 6 nitrogen and oxygen atoms in total. The van der Waals surface area contributed by atoms with Crippen LogP contribution >= 0.6 is 0 Å². The van der Waals surface area contributed by atoms with Crippen molar-refractivity contribution < 1.29 is 4.79 Å². The van der Waals surface area contributed by atoms with Crippen molar-refractivity contribution in [2.75, 3.05) is 43.4 Å². The maximum Gasteiger partial charge on any atom is 0.229 e. The molecule has 1 aliphatic rings. The Kier molecular flexibility index (Phi) is 5.05.